The molecule has 2 N–H and O–H groups in total. The first-order chi connectivity index (χ1) is 11.2. The molecule has 23 heavy (non-hydrogen) atoms. The van der Waals surface area contributed by atoms with Crippen molar-refractivity contribution in [1.82, 2.24) is 9.97 Å². The van der Waals surface area contributed by atoms with Gasteiger partial charge < -0.3 is 9.71 Å². The van der Waals surface area contributed by atoms with Crippen LogP contribution in [0.4, 0.5) is 5.69 Å². The van der Waals surface area contributed by atoms with Gasteiger partial charge in [0.25, 0.3) is 0 Å². The van der Waals surface area contributed by atoms with E-state index < -0.39 is 0 Å². The fourth-order valence-corrected chi connectivity index (χ4v) is 3.75. The molecule has 120 valence electrons. The second-order valence-electron chi connectivity index (χ2n) is 4.63. The summed E-state index contributed by atoms with van der Waals surface area (Å²) in [5, 5.41) is 14.3. The minimum atomic E-state index is 0.679. The van der Waals surface area contributed by atoms with Crippen LogP contribution in [-0.4, -0.2) is 9.97 Å². The van der Waals surface area contributed by atoms with E-state index in [0.717, 1.165) is 38.6 Å². The van der Waals surface area contributed by atoms with Crippen molar-refractivity contribution in [3.63, 3.8) is 0 Å². The highest BCUT2D eigenvalue weighted by atomic mass is 32.2. The first-order valence-corrected chi connectivity index (χ1v) is 9.30. The number of anilines is 1. The molecule has 0 atom stereocenters. The quantitative estimate of drug-likeness (QED) is 0.612. The van der Waals surface area contributed by atoms with E-state index in [1.54, 1.807) is 17.5 Å². The van der Waals surface area contributed by atoms with Crippen molar-refractivity contribution in [3.8, 4) is 6.07 Å². The fourth-order valence-electron chi connectivity index (χ4n) is 2.20. The molecular formula is C17H20N4S2. The van der Waals surface area contributed by atoms with Crippen LogP contribution in [0, 0.1) is 18.3 Å². The fraction of sp³-hybridized carbons (Fsp3) is 0.294. The molecule has 0 saturated carbocycles. The molecule has 0 amide bonds. The molecular weight excluding hydrogens is 324 g/mol. The van der Waals surface area contributed by atoms with Gasteiger partial charge in [0.05, 0.1) is 21.8 Å². The van der Waals surface area contributed by atoms with Crippen LogP contribution in [0.5, 0.6) is 0 Å². The van der Waals surface area contributed by atoms with Crippen LogP contribution in [0.15, 0.2) is 28.7 Å². The highest BCUT2D eigenvalue weighted by Gasteiger charge is 2.10. The van der Waals surface area contributed by atoms with Gasteiger partial charge in [-0.2, -0.15) is 5.26 Å². The zero-order valence-corrected chi connectivity index (χ0v) is 15.4. The molecule has 6 heteroatoms. The minimum Gasteiger partial charge on any atom is -0.358 e. The van der Waals surface area contributed by atoms with E-state index in [2.05, 4.69) is 33.1 Å². The van der Waals surface area contributed by atoms with Gasteiger partial charge in [-0.05, 0) is 25.0 Å². The minimum absolute atomic E-state index is 0.679. The summed E-state index contributed by atoms with van der Waals surface area (Å²) in [5.74, 6) is 0. The number of aromatic amines is 1. The van der Waals surface area contributed by atoms with Gasteiger partial charge in [-0.1, -0.05) is 26.8 Å². The summed E-state index contributed by atoms with van der Waals surface area (Å²) in [5.41, 5.74) is 3.71. The Labute approximate surface area is 145 Å². The maximum atomic E-state index is 9.17. The lowest BCUT2D eigenvalue weighted by Gasteiger charge is -2.07. The summed E-state index contributed by atoms with van der Waals surface area (Å²) in [6.45, 7) is 8.12. The molecule has 0 aliphatic heterocycles. The molecule has 0 spiro atoms. The zero-order chi connectivity index (χ0) is 16.8. The lowest BCUT2D eigenvalue weighted by atomic mass is 10.1. The van der Waals surface area contributed by atoms with Crippen molar-refractivity contribution in [2.24, 2.45) is 0 Å². The number of aromatic nitrogens is 2. The van der Waals surface area contributed by atoms with Gasteiger partial charge in [0.1, 0.15) is 11.1 Å². The average Bonchev–Trinajstić information content (AvgIpc) is 3.23. The van der Waals surface area contributed by atoms with Crippen LogP contribution in [0.25, 0.3) is 10.9 Å². The molecule has 0 radical (unpaired) electrons. The number of H-pyrrole nitrogens is 1. The monoisotopic (exact) mass is 344 g/mol. The SMILES string of the molecule is CC.CCc1nc(SNc2ccc(C)c3c(C#N)c[nH]c23)cs1. The van der Waals surface area contributed by atoms with Crippen molar-refractivity contribution in [3.05, 3.63) is 39.8 Å². The van der Waals surface area contributed by atoms with Crippen molar-refractivity contribution in [1.29, 1.82) is 5.26 Å². The van der Waals surface area contributed by atoms with Crippen LogP contribution in [0.2, 0.25) is 0 Å². The number of hydrogen-bond donors (Lipinski definition) is 2. The maximum absolute atomic E-state index is 9.17. The number of hydrogen-bond acceptors (Lipinski definition) is 5. The number of fused-ring (bicyclic) bond motifs is 1. The number of nitriles is 1. The van der Waals surface area contributed by atoms with E-state index in [1.807, 2.05) is 32.9 Å². The standard InChI is InChI=1S/C15H14N4S2.C2H6/c1-3-12-18-13(8-20-12)21-19-11-5-4-9(2)14-10(6-16)7-17-15(11)14;1-2/h4-5,7-8,17,19H,3H2,1-2H3;1-2H3. The number of aryl methyl sites for hydroxylation is 2. The molecule has 0 saturated heterocycles. The highest BCUT2D eigenvalue weighted by molar-refractivity contribution is 8.00. The number of rotatable bonds is 4. The normalized spacial score (nSPS) is 10.0. The summed E-state index contributed by atoms with van der Waals surface area (Å²) in [6.07, 6.45) is 2.72. The number of thiazole rings is 1. The van der Waals surface area contributed by atoms with E-state index in [1.165, 1.54) is 11.9 Å². The molecule has 0 aliphatic carbocycles. The molecule has 2 heterocycles. The topological polar surface area (TPSA) is 64.5 Å². The first-order valence-electron chi connectivity index (χ1n) is 7.61. The van der Waals surface area contributed by atoms with Gasteiger partial charge in [-0.15, -0.1) is 11.3 Å². The lowest BCUT2D eigenvalue weighted by Crippen LogP contribution is -1.90. The van der Waals surface area contributed by atoms with Crippen molar-refractivity contribution in [2.75, 3.05) is 4.72 Å². The molecule has 3 aromatic rings. The van der Waals surface area contributed by atoms with Gasteiger partial charge in [0.15, 0.2) is 0 Å². The Morgan fingerprint density at radius 2 is 2.17 bits per heavy atom. The summed E-state index contributed by atoms with van der Waals surface area (Å²) in [4.78, 5) is 7.70. The summed E-state index contributed by atoms with van der Waals surface area (Å²) < 4.78 is 3.33. The van der Waals surface area contributed by atoms with E-state index in [9.17, 15) is 5.26 Å². The number of nitrogens with one attached hydrogen (secondary N) is 2. The van der Waals surface area contributed by atoms with Crippen molar-refractivity contribution < 1.29 is 0 Å². The predicted octanol–water partition coefficient (Wildman–Crippen LogP) is 5.51. The van der Waals surface area contributed by atoms with Crippen LogP contribution in [-0.2, 0) is 6.42 Å². The lowest BCUT2D eigenvalue weighted by molar-refractivity contribution is 1.04. The largest absolute Gasteiger partial charge is 0.358 e. The van der Waals surface area contributed by atoms with Crippen LogP contribution in [0.3, 0.4) is 0 Å². The predicted molar refractivity (Wildman–Crippen MR) is 100 cm³/mol. The van der Waals surface area contributed by atoms with Gasteiger partial charge >= 0.3 is 0 Å². The summed E-state index contributed by atoms with van der Waals surface area (Å²) in [6, 6.07) is 6.28. The molecule has 0 fully saturated rings. The molecule has 0 aliphatic rings. The first kappa shape index (κ1) is 17.4. The van der Waals surface area contributed by atoms with Crippen molar-refractivity contribution in [2.45, 2.75) is 39.1 Å². The van der Waals surface area contributed by atoms with Crippen molar-refractivity contribution >= 4 is 39.9 Å². The zero-order valence-electron chi connectivity index (χ0n) is 13.7. The Morgan fingerprint density at radius 1 is 1.39 bits per heavy atom. The van der Waals surface area contributed by atoms with E-state index in [4.69, 9.17) is 0 Å². The molecule has 3 rings (SSSR count). The maximum Gasteiger partial charge on any atom is 0.128 e. The smallest absolute Gasteiger partial charge is 0.128 e. The van der Waals surface area contributed by atoms with Gasteiger partial charge in [0, 0.05) is 28.9 Å². The molecule has 4 nitrogen and oxygen atoms in total. The molecule has 0 unspecified atom stereocenters. The second kappa shape index (κ2) is 8.04. The third kappa shape index (κ3) is 3.69. The molecule has 1 aromatic carbocycles. The van der Waals surface area contributed by atoms with Crippen LogP contribution >= 0.6 is 23.3 Å². The molecule has 2 aromatic heterocycles. The van der Waals surface area contributed by atoms with E-state index in [0.29, 0.717) is 5.56 Å². The number of benzene rings is 1. The Kier molecular flexibility index (Phi) is 6.08. The Hall–Kier alpha value is -1.97. The second-order valence-corrected chi connectivity index (χ2v) is 6.40. The third-order valence-electron chi connectivity index (χ3n) is 3.26. The highest BCUT2D eigenvalue weighted by Crippen LogP contribution is 2.31. The Bertz CT molecular complexity index is 827. The van der Waals surface area contributed by atoms with Gasteiger partial charge in [-0.25, -0.2) is 4.98 Å². The Balaban J connectivity index is 0.000000924. The van der Waals surface area contributed by atoms with Gasteiger partial charge in [0.2, 0.25) is 0 Å². The molecule has 0 bridgehead atoms. The number of nitrogens with zero attached hydrogens (tertiary/aromatic N) is 2. The summed E-state index contributed by atoms with van der Waals surface area (Å²) >= 11 is 3.17. The van der Waals surface area contributed by atoms with Gasteiger partial charge in [-0.3, -0.25) is 0 Å². The average molecular weight is 345 g/mol. The van der Waals surface area contributed by atoms with E-state index >= 15 is 0 Å². The van der Waals surface area contributed by atoms with E-state index in [-0.39, 0.29) is 0 Å². The Morgan fingerprint density at radius 3 is 2.83 bits per heavy atom. The van der Waals surface area contributed by atoms with Crippen LogP contribution in [0.1, 0.15) is 36.9 Å². The summed E-state index contributed by atoms with van der Waals surface area (Å²) in [7, 11) is 0. The third-order valence-corrected chi connectivity index (χ3v) is 5.15. The van der Waals surface area contributed by atoms with Crippen LogP contribution < -0.4 is 4.72 Å².